The smallest absolute Gasteiger partial charge is 0.137 e. The zero-order valence-corrected chi connectivity index (χ0v) is 10.4. The maximum absolute atomic E-state index is 11.8. The summed E-state index contributed by atoms with van der Waals surface area (Å²) < 4.78 is 0. The Hall–Kier alpha value is -1.61. The summed E-state index contributed by atoms with van der Waals surface area (Å²) in [7, 11) is 0. The Morgan fingerprint density at radius 1 is 1.24 bits per heavy atom. The van der Waals surface area contributed by atoms with Gasteiger partial charge in [0.1, 0.15) is 5.78 Å². The molecule has 0 unspecified atom stereocenters. The molecule has 17 heavy (non-hydrogen) atoms. The van der Waals surface area contributed by atoms with Crippen molar-refractivity contribution in [1.29, 1.82) is 0 Å². The second-order valence-corrected chi connectivity index (χ2v) is 5.07. The number of ketones is 1. The fourth-order valence-corrected chi connectivity index (χ4v) is 2.45. The predicted molar refractivity (Wildman–Crippen MR) is 72.2 cm³/mol. The predicted octanol–water partition coefficient (Wildman–Crippen LogP) is 3.07. The van der Waals surface area contributed by atoms with Crippen molar-refractivity contribution < 1.29 is 4.79 Å². The number of Topliss-reactive ketones (excluding diaryl/α,β-unsaturated/α-hetero) is 1. The van der Waals surface area contributed by atoms with E-state index < -0.39 is 0 Å². The van der Waals surface area contributed by atoms with Gasteiger partial charge in [-0.25, -0.2) is 0 Å². The molecule has 0 radical (unpaired) electrons. The quantitative estimate of drug-likeness (QED) is 0.823. The first kappa shape index (κ1) is 11.9. The van der Waals surface area contributed by atoms with Crippen LogP contribution in [0.2, 0.25) is 0 Å². The number of hydrogen-bond donors (Lipinski definition) is 1. The van der Waals surface area contributed by atoms with Crippen LogP contribution in [0.4, 0.5) is 5.69 Å². The summed E-state index contributed by atoms with van der Waals surface area (Å²) in [6.07, 6.45) is 1.94. The first-order chi connectivity index (χ1) is 8.24. The molecule has 0 fully saturated rings. The Kier molecular flexibility index (Phi) is 3.94. The molecule has 0 atom stereocenters. The molecular formula is C14H15NOS. The number of nitrogens with two attached hydrogens (primary N) is 1. The second kappa shape index (κ2) is 5.64. The van der Waals surface area contributed by atoms with E-state index in [9.17, 15) is 4.79 Å². The molecule has 2 aromatic rings. The van der Waals surface area contributed by atoms with Crippen molar-refractivity contribution in [2.45, 2.75) is 19.3 Å². The zero-order chi connectivity index (χ0) is 12.1. The molecule has 2 nitrogen and oxygen atoms in total. The Bertz CT molecular complexity index is 491. The van der Waals surface area contributed by atoms with Gasteiger partial charge in [-0.15, -0.1) is 11.3 Å². The lowest BCUT2D eigenvalue weighted by atomic mass is 10.0. The van der Waals surface area contributed by atoms with Crippen LogP contribution in [0.15, 0.2) is 41.8 Å². The van der Waals surface area contributed by atoms with Crippen LogP contribution in [0.5, 0.6) is 0 Å². The van der Waals surface area contributed by atoms with Gasteiger partial charge >= 0.3 is 0 Å². The molecule has 0 aliphatic heterocycles. The molecule has 0 saturated heterocycles. The van der Waals surface area contributed by atoms with E-state index in [1.54, 1.807) is 11.3 Å². The number of carbonyl (C=O) groups is 1. The van der Waals surface area contributed by atoms with E-state index in [1.807, 2.05) is 35.7 Å². The van der Waals surface area contributed by atoms with Gasteiger partial charge in [0.2, 0.25) is 0 Å². The summed E-state index contributed by atoms with van der Waals surface area (Å²) in [4.78, 5) is 13.1. The lowest BCUT2D eigenvalue weighted by molar-refractivity contribution is -0.118. The van der Waals surface area contributed by atoms with Crippen LogP contribution in [-0.4, -0.2) is 5.78 Å². The molecule has 0 aliphatic rings. The summed E-state index contributed by atoms with van der Waals surface area (Å²) >= 11 is 1.70. The van der Waals surface area contributed by atoms with Crippen molar-refractivity contribution in [2.75, 3.05) is 5.73 Å². The van der Waals surface area contributed by atoms with E-state index in [1.165, 1.54) is 4.88 Å². The number of hydrogen-bond acceptors (Lipinski definition) is 3. The average molecular weight is 245 g/mol. The van der Waals surface area contributed by atoms with Crippen LogP contribution in [0.1, 0.15) is 16.9 Å². The van der Waals surface area contributed by atoms with Crippen molar-refractivity contribution in [3.8, 4) is 0 Å². The van der Waals surface area contributed by atoms with Gasteiger partial charge in [0.05, 0.1) is 0 Å². The molecule has 0 amide bonds. The number of rotatable bonds is 5. The van der Waals surface area contributed by atoms with E-state index in [2.05, 4.69) is 6.07 Å². The Labute approximate surface area is 105 Å². The fourth-order valence-electron chi connectivity index (χ4n) is 1.74. The van der Waals surface area contributed by atoms with Crippen molar-refractivity contribution in [3.63, 3.8) is 0 Å². The highest BCUT2D eigenvalue weighted by Gasteiger charge is 2.05. The Morgan fingerprint density at radius 3 is 2.82 bits per heavy atom. The fraction of sp³-hybridized carbons (Fsp3) is 0.214. The van der Waals surface area contributed by atoms with Crippen LogP contribution >= 0.6 is 11.3 Å². The van der Waals surface area contributed by atoms with E-state index in [4.69, 9.17) is 5.73 Å². The minimum absolute atomic E-state index is 0.268. The topological polar surface area (TPSA) is 43.1 Å². The second-order valence-electron chi connectivity index (χ2n) is 4.04. The normalized spacial score (nSPS) is 10.4. The summed E-state index contributed by atoms with van der Waals surface area (Å²) in [5, 5.41) is 2.04. The molecule has 0 aliphatic carbocycles. The third-order valence-electron chi connectivity index (χ3n) is 2.58. The van der Waals surface area contributed by atoms with Gasteiger partial charge in [0.25, 0.3) is 0 Å². The molecular weight excluding hydrogens is 230 g/mol. The Morgan fingerprint density at radius 2 is 2.12 bits per heavy atom. The molecule has 1 aromatic heterocycles. The van der Waals surface area contributed by atoms with Crippen molar-refractivity contribution in [1.82, 2.24) is 0 Å². The molecule has 0 bridgehead atoms. The van der Waals surface area contributed by atoms with Crippen LogP contribution in [-0.2, 0) is 17.6 Å². The zero-order valence-electron chi connectivity index (χ0n) is 9.56. The summed E-state index contributed by atoms with van der Waals surface area (Å²) in [6, 6.07) is 11.6. The van der Waals surface area contributed by atoms with E-state index in [0.29, 0.717) is 18.5 Å². The molecule has 88 valence electrons. The van der Waals surface area contributed by atoms with Crippen molar-refractivity contribution in [3.05, 3.63) is 52.2 Å². The number of carbonyl (C=O) groups excluding carboxylic acids is 1. The lowest BCUT2D eigenvalue weighted by Crippen LogP contribution is -2.04. The molecule has 2 rings (SSSR count). The SMILES string of the molecule is Nc1cccc(CC(=O)CCc2cccs2)c1. The minimum atomic E-state index is 0.268. The van der Waals surface area contributed by atoms with Crippen LogP contribution in [0.3, 0.4) is 0 Å². The summed E-state index contributed by atoms with van der Waals surface area (Å²) in [5.41, 5.74) is 7.39. The third kappa shape index (κ3) is 3.71. The molecule has 1 heterocycles. The molecule has 3 heteroatoms. The van der Waals surface area contributed by atoms with Crippen LogP contribution in [0, 0.1) is 0 Å². The van der Waals surface area contributed by atoms with Crippen molar-refractivity contribution >= 4 is 22.8 Å². The monoisotopic (exact) mass is 245 g/mol. The van der Waals surface area contributed by atoms with Crippen molar-refractivity contribution in [2.24, 2.45) is 0 Å². The number of anilines is 1. The molecule has 2 N–H and O–H groups in total. The number of benzene rings is 1. The standard InChI is InChI=1S/C14H15NOS/c15-12-4-1-3-11(9-12)10-13(16)6-7-14-5-2-8-17-14/h1-5,8-9H,6-7,10,15H2. The van der Waals surface area contributed by atoms with Crippen LogP contribution < -0.4 is 5.73 Å². The van der Waals surface area contributed by atoms with Gasteiger partial charge in [-0.1, -0.05) is 18.2 Å². The van der Waals surface area contributed by atoms with E-state index in [0.717, 1.165) is 12.0 Å². The third-order valence-corrected chi connectivity index (χ3v) is 3.52. The van der Waals surface area contributed by atoms with Gasteiger partial charge < -0.3 is 5.73 Å². The largest absolute Gasteiger partial charge is 0.399 e. The number of thiophene rings is 1. The average Bonchev–Trinajstić information content (AvgIpc) is 2.79. The van der Waals surface area contributed by atoms with Gasteiger partial charge in [-0.2, -0.15) is 0 Å². The molecule has 1 aromatic carbocycles. The highest BCUT2D eigenvalue weighted by Crippen LogP contribution is 2.13. The lowest BCUT2D eigenvalue weighted by Gasteiger charge is -2.01. The van der Waals surface area contributed by atoms with Gasteiger partial charge in [0.15, 0.2) is 0 Å². The molecule has 0 saturated carbocycles. The first-order valence-electron chi connectivity index (χ1n) is 5.62. The number of aryl methyl sites for hydroxylation is 1. The highest BCUT2D eigenvalue weighted by molar-refractivity contribution is 7.09. The summed E-state index contributed by atoms with van der Waals surface area (Å²) in [5.74, 6) is 0.268. The first-order valence-corrected chi connectivity index (χ1v) is 6.50. The summed E-state index contributed by atoms with van der Waals surface area (Å²) in [6.45, 7) is 0. The van der Waals surface area contributed by atoms with E-state index in [-0.39, 0.29) is 5.78 Å². The van der Waals surface area contributed by atoms with Gasteiger partial charge in [-0.3, -0.25) is 4.79 Å². The Balaban J connectivity index is 1.85. The van der Waals surface area contributed by atoms with E-state index >= 15 is 0 Å². The van der Waals surface area contributed by atoms with Gasteiger partial charge in [0, 0.05) is 23.4 Å². The highest BCUT2D eigenvalue weighted by atomic mass is 32.1. The molecule has 0 spiro atoms. The minimum Gasteiger partial charge on any atom is -0.399 e. The van der Waals surface area contributed by atoms with Gasteiger partial charge in [-0.05, 0) is 35.6 Å². The number of nitrogen functional groups attached to an aromatic ring is 1. The maximum atomic E-state index is 11.8. The maximum Gasteiger partial charge on any atom is 0.137 e. The van der Waals surface area contributed by atoms with Crippen LogP contribution in [0.25, 0.3) is 0 Å².